The highest BCUT2D eigenvalue weighted by atomic mass is 32.2. The Morgan fingerprint density at radius 3 is 2.51 bits per heavy atom. The van der Waals surface area contributed by atoms with Crippen molar-refractivity contribution in [2.45, 2.75) is 45.4 Å². The lowest BCUT2D eigenvalue weighted by molar-refractivity contribution is -0.0498. The Bertz CT molecular complexity index is 1480. The van der Waals surface area contributed by atoms with Gasteiger partial charge in [0.2, 0.25) is 0 Å². The van der Waals surface area contributed by atoms with Crippen LogP contribution in [0.15, 0.2) is 41.2 Å². The summed E-state index contributed by atoms with van der Waals surface area (Å²) in [6.45, 7) is 1.85. The van der Waals surface area contributed by atoms with Crippen LogP contribution in [-0.2, 0) is 9.84 Å². The van der Waals surface area contributed by atoms with E-state index in [0.717, 1.165) is 4.57 Å². The first-order valence-electron chi connectivity index (χ1n) is 10.9. The summed E-state index contributed by atoms with van der Waals surface area (Å²) < 4.78 is 71.6. The molecule has 4 rings (SSSR count). The molecule has 1 amide bonds. The average Bonchev–Trinajstić information content (AvgIpc) is 3.20. The van der Waals surface area contributed by atoms with Crippen LogP contribution in [0.4, 0.5) is 13.2 Å². The zero-order valence-electron chi connectivity index (χ0n) is 19.2. The van der Waals surface area contributed by atoms with Crippen LogP contribution in [0.3, 0.4) is 0 Å². The predicted molar refractivity (Wildman–Crippen MR) is 124 cm³/mol. The maximum absolute atomic E-state index is 15.8. The molecule has 0 aliphatic carbocycles. The van der Waals surface area contributed by atoms with E-state index in [2.05, 4.69) is 10.1 Å². The number of rotatable bonds is 6. The third-order valence-electron chi connectivity index (χ3n) is 5.95. The molecule has 0 unspecified atom stereocenters. The van der Waals surface area contributed by atoms with E-state index in [4.69, 9.17) is 0 Å². The molecule has 1 N–H and O–H groups in total. The van der Waals surface area contributed by atoms with Crippen LogP contribution in [0, 0.1) is 5.82 Å². The molecule has 1 aliphatic heterocycles. The summed E-state index contributed by atoms with van der Waals surface area (Å²) in [4.78, 5) is 26.2. The Labute approximate surface area is 199 Å². The highest BCUT2D eigenvalue weighted by molar-refractivity contribution is 7.91. The number of nitrogens with zero attached hydrogens (tertiary/aromatic N) is 2. The molecule has 3 aromatic rings. The van der Waals surface area contributed by atoms with Crippen LogP contribution < -0.4 is 15.7 Å². The van der Waals surface area contributed by atoms with Gasteiger partial charge in [-0.05, 0) is 51.5 Å². The van der Waals surface area contributed by atoms with Crippen LogP contribution >= 0.6 is 0 Å². The first kappa shape index (κ1) is 24.8. The molecule has 0 bridgehead atoms. The molecule has 0 saturated carbocycles. The molecule has 35 heavy (non-hydrogen) atoms. The number of hydrogen-bond donors (Lipinski definition) is 1. The number of aromatic nitrogens is 2. The molecule has 0 spiro atoms. The maximum Gasteiger partial charge on any atom is 0.387 e. The third-order valence-corrected chi connectivity index (χ3v) is 7.86. The second-order valence-corrected chi connectivity index (χ2v) is 11.3. The first-order chi connectivity index (χ1) is 16.3. The summed E-state index contributed by atoms with van der Waals surface area (Å²) in [5, 5.41) is 2.62. The van der Waals surface area contributed by atoms with Crippen molar-refractivity contribution in [3.8, 4) is 11.4 Å². The third kappa shape index (κ3) is 4.66. The van der Waals surface area contributed by atoms with Gasteiger partial charge in [0.15, 0.2) is 15.7 Å². The van der Waals surface area contributed by atoms with Crippen molar-refractivity contribution in [3.63, 3.8) is 0 Å². The smallest absolute Gasteiger partial charge is 0.387 e. The van der Waals surface area contributed by atoms with Gasteiger partial charge >= 0.3 is 12.3 Å². The molecular formula is C23H24F3N3O5S. The standard InChI is InChI=1S/C23H24F3N3O5S/c1-13(2)28-19-17(29(22(28)31)14-5-4-6-15(11-14)34-21(25)26)8-7-16(18(19)24)20(30)27-23(3)9-10-35(32,33)12-23/h4-8,11,13,21H,9-10,12H2,1-3H3,(H,27,30)/t23-/m0/s1. The van der Waals surface area contributed by atoms with Gasteiger partial charge in [0, 0.05) is 12.1 Å². The number of benzene rings is 2. The summed E-state index contributed by atoms with van der Waals surface area (Å²) in [7, 11) is -3.30. The molecule has 1 aromatic heterocycles. The number of alkyl halides is 2. The lowest BCUT2D eigenvalue weighted by Crippen LogP contribution is -2.47. The first-order valence-corrected chi connectivity index (χ1v) is 12.7. The van der Waals surface area contributed by atoms with E-state index in [1.54, 1.807) is 20.8 Å². The number of fused-ring (bicyclic) bond motifs is 1. The fourth-order valence-electron chi connectivity index (χ4n) is 4.42. The summed E-state index contributed by atoms with van der Waals surface area (Å²) >= 11 is 0. The molecule has 1 saturated heterocycles. The van der Waals surface area contributed by atoms with Crippen molar-refractivity contribution in [2.75, 3.05) is 11.5 Å². The zero-order valence-corrected chi connectivity index (χ0v) is 20.0. The maximum atomic E-state index is 15.8. The number of hydrogen-bond acceptors (Lipinski definition) is 5. The summed E-state index contributed by atoms with van der Waals surface area (Å²) in [6.07, 6.45) is 0.203. The number of carbonyl (C=O) groups excluding carboxylic acids is 1. The number of imidazole rings is 1. The minimum atomic E-state index is -3.30. The molecule has 1 aliphatic rings. The normalized spacial score (nSPS) is 19.5. The van der Waals surface area contributed by atoms with Gasteiger partial charge in [0.05, 0.1) is 33.8 Å². The second kappa shape index (κ2) is 8.74. The lowest BCUT2D eigenvalue weighted by Gasteiger charge is -2.24. The molecule has 1 fully saturated rings. The van der Waals surface area contributed by atoms with Gasteiger partial charge in [-0.2, -0.15) is 8.78 Å². The number of amides is 1. The zero-order chi connectivity index (χ0) is 25.7. The monoisotopic (exact) mass is 511 g/mol. The van der Waals surface area contributed by atoms with Gasteiger partial charge in [-0.15, -0.1) is 0 Å². The van der Waals surface area contributed by atoms with Crippen molar-refractivity contribution in [3.05, 3.63) is 58.3 Å². The largest absolute Gasteiger partial charge is 0.435 e. The summed E-state index contributed by atoms with van der Waals surface area (Å²) in [5.41, 5.74) is -1.84. The van der Waals surface area contributed by atoms with Gasteiger partial charge in [-0.3, -0.25) is 13.9 Å². The van der Waals surface area contributed by atoms with E-state index in [0.29, 0.717) is 0 Å². The lowest BCUT2D eigenvalue weighted by atomic mass is 10.0. The van der Waals surface area contributed by atoms with Gasteiger partial charge in [0.25, 0.3) is 5.91 Å². The molecule has 2 heterocycles. The molecule has 1 atom stereocenters. The number of carbonyl (C=O) groups is 1. The highest BCUT2D eigenvalue weighted by Crippen LogP contribution is 2.29. The van der Waals surface area contributed by atoms with Crippen LogP contribution in [-0.4, -0.2) is 47.1 Å². The molecule has 0 radical (unpaired) electrons. The van der Waals surface area contributed by atoms with E-state index in [9.17, 15) is 26.8 Å². The Morgan fingerprint density at radius 2 is 1.91 bits per heavy atom. The average molecular weight is 512 g/mol. The van der Waals surface area contributed by atoms with Crippen molar-refractivity contribution in [1.82, 2.24) is 14.5 Å². The number of sulfone groups is 1. The predicted octanol–water partition coefficient (Wildman–Crippen LogP) is 3.42. The van der Waals surface area contributed by atoms with Crippen molar-refractivity contribution >= 4 is 26.8 Å². The SMILES string of the molecule is CC(C)n1c(=O)n(-c2cccc(OC(F)F)c2)c2ccc(C(=O)N[C@@]3(C)CCS(=O)(=O)C3)c(F)c21. The van der Waals surface area contributed by atoms with E-state index >= 15 is 4.39 Å². The molecule has 188 valence electrons. The Kier molecular flexibility index (Phi) is 6.20. The van der Waals surface area contributed by atoms with Crippen LogP contribution in [0.2, 0.25) is 0 Å². The van der Waals surface area contributed by atoms with E-state index in [1.165, 1.54) is 41.0 Å². The van der Waals surface area contributed by atoms with Crippen molar-refractivity contribution < 1.29 is 31.1 Å². The molecule has 2 aromatic carbocycles. The van der Waals surface area contributed by atoms with E-state index in [-0.39, 0.29) is 46.0 Å². The molecular weight excluding hydrogens is 487 g/mol. The number of ether oxygens (including phenoxy) is 1. The quantitative estimate of drug-likeness (QED) is 0.547. The highest BCUT2D eigenvalue weighted by Gasteiger charge is 2.40. The summed E-state index contributed by atoms with van der Waals surface area (Å²) in [6, 6.07) is 7.54. The minimum absolute atomic E-state index is 0.0740. The fraction of sp³-hybridized carbons (Fsp3) is 0.391. The van der Waals surface area contributed by atoms with Crippen LogP contribution in [0.1, 0.15) is 43.6 Å². The van der Waals surface area contributed by atoms with Crippen LogP contribution in [0.25, 0.3) is 16.7 Å². The minimum Gasteiger partial charge on any atom is -0.435 e. The van der Waals surface area contributed by atoms with Crippen molar-refractivity contribution in [2.24, 2.45) is 0 Å². The van der Waals surface area contributed by atoms with Crippen molar-refractivity contribution in [1.29, 1.82) is 0 Å². The van der Waals surface area contributed by atoms with E-state index in [1.807, 2.05) is 0 Å². The Hall–Kier alpha value is -3.28. The van der Waals surface area contributed by atoms with Crippen LogP contribution in [0.5, 0.6) is 5.75 Å². The summed E-state index contributed by atoms with van der Waals surface area (Å²) in [5.74, 6) is -2.25. The Morgan fingerprint density at radius 1 is 1.20 bits per heavy atom. The van der Waals surface area contributed by atoms with Gasteiger partial charge in [-0.1, -0.05) is 6.07 Å². The molecule has 12 heteroatoms. The van der Waals surface area contributed by atoms with Gasteiger partial charge < -0.3 is 10.1 Å². The molecule has 8 nitrogen and oxygen atoms in total. The number of nitrogens with one attached hydrogen (secondary N) is 1. The van der Waals surface area contributed by atoms with Gasteiger partial charge in [0.1, 0.15) is 11.3 Å². The topological polar surface area (TPSA) is 99.4 Å². The Balaban J connectivity index is 1.84. The second-order valence-electron chi connectivity index (χ2n) is 9.11. The van der Waals surface area contributed by atoms with Gasteiger partial charge in [-0.25, -0.2) is 17.6 Å². The number of halogens is 3. The van der Waals surface area contributed by atoms with E-state index < -0.39 is 45.4 Å². The fourth-order valence-corrected chi connectivity index (χ4v) is 6.52.